The van der Waals surface area contributed by atoms with Gasteiger partial charge in [-0.15, -0.1) is 0 Å². The highest BCUT2D eigenvalue weighted by atomic mass is 16.1. The number of nitrogens with two attached hydrogens (primary N) is 1. The summed E-state index contributed by atoms with van der Waals surface area (Å²) in [4.78, 5) is 13.8. The average Bonchev–Trinajstić information content (AvgIpc) is 2.39. The molecule has 0 spiro atoms. The molecule has 4 nitrogen and oxygen atoms in total. The third-order valence-electron chi connectivity index (χ3n) is 3.59. The van der Waals surface area contributed by atoms with Crippen LogP contribution in [0.3, 0.4) is 0 Å². The summed E-state index contributed by atoms with van der Waals surface area (Å²) in [5, 5.41) is 3.32. The molecular formula is C14H21N3O. The van der Waals surface area contributed by atoms with Crippen molar-refractivity contribution in [2.75, 3.05) is 20.1 Å². The summed E-state index contributed by atoms with van der Waals surface area (Å²) in [5.41, 5.74) is 7.08. The molecule has 18 heavy (non-hydrogen) atoms. The van der Waals surface area contributed by atoms with E-state index < -0.39 is 0 Å². The number of benzene rings is 1. The minimum atomic E-state index is -0.340. The fourth-order valence-electron chi connectivity index (χ4n) is 2.57. The van der Waals surface area contributed by atoms with Crippen molar-refractivity contribution in [1.29, 1.82) is 0 Å². The maximum absolute atomic E-state index is 11.4. The van der Waals surface area contributed by atoms with E-state index in [-0.39, 0.29) is 5.91 Å². The van der Waals surface area contributed by atoms with Crippen LogP contribution in [-0.2, 0) is 6.54 Å². The number of nitrogens with zero attached hydrogens (tertiary/aromatic N) is 1. The van der Waals surface area contributed by atoms with Crippen LogP contribution in [0.2, 0.25) is 0 Å². The van der Waals surface area contributed by atoms with Crippen LogP contribution in [0, 0.1) is 0 Å². The van der Waals surface area contributed by atoms with Gasteiger partial charge in [-0.1, -0.05) is 18.2 Å². The lowest BCUT2D eigenvalue weighted by molar-refractivity contribution is 0.0997. The van der Waals surface area contributed by atoms with Gasteiger partial charge in [0, 0.05) is 24.7 Å². The first-order valence-corrected chi connectivity index (χ1v) is 6.48. The molecule has 1 aliphatic heterocycles. The van der Waals surface area contributed by atoms with Gasteiger partial charge in [0.25, 0.3) is 0 Å². The van der Waals surface area contributed by atoms with Crippen LogP contribution >= 0.6 is 0 Å². The number of amides is 1. The number of carbonyl (C=O) groups is 1. The van der Waals surface area contributed by atoms with Gasteiger partial charge >= 0.3 is 0 Å². The van der Waals surface area contributed by atoms with Gasteiger partial charge < -0.3 is 11.1 Å². The SMILES string of the molecule is CNC1CCCN(Cc2ccccc2C(N)=O)C1. The number of rotatable bonds is 4. The summed E-state index contributed by atoms with van der Waals surface area (Å²) in [6.45, 7) is 2.92. The lowest BCUT2D eigenvalue weighted by Crippen LogP contribution is -2.44. The summed E-state index contributed by atoms with van der Waals surface area (Å²) in [6.07, 6.45) is 2.43. The highest BCUT2D eigenvalue weighted by Crippen LogP contribution is 2.16. The molecule has 1 fully saturated rings. The van der Waals surface area contributed by atoms with Crippen LogP contribution in [0.15, 0.2) is 24.3 Å². The van der Waals surface area contributed by atoms with Crippen LogP contribution in [0.25, 0.3) is 0 Å². The van der Waals surface area contributed by atoms with Crippen molar-refractivity contribution >= 4 is 5.91 Å². The number of primary amides is 1. The molecule has 0 bridgehead atoms. The Balaban J connectivity index is 2.07. The summed E-state index contributed by atoms with van der Waals surface area (Å²) < 4.78 is 0. The molecule has 1 aromatic rings. The Morgan fingerprint density at radius 1 is 1.50 bits per heavy atom. The number of hydrogen-bond donors (Lipinski definition) is 2. The first kappa shape index (κ1) is 13.1. The molecule has 3 N–H and O–H groups in total. The van der Waals surface area contributed by atoms with Gasteiger partial charge in [0.1, 0.15) is 0 Å². The molecule has 0 radical (unpaired) electrons. The fourth-order valence-corrected chi connectivity index (χ4v) is 2.57. The average molecular weight is 247 g/mol. The number of carbonyl (C=O) groups excluding carboxylic acids is 1. The normalized spacial score (nSPS) is 20.8. The van der Waals surface area contributed by atoms with Gasteiger partial charge in [0.2, 0.25) is 5.91 Å². The topological polar surface area (TPSA) is 58.4 Å². The van der Waals surface area contributed by atoms with Gasteiger partial charge in [0.05, 0.1) is 0 Å². The molecule has 0 aromatic heterocycles. The highest BCUT2D eigenvalue weighted by Gasteiger charge is 2.19. The van der Waals surface area contributed by atoms with Crippen LogP contribution in [0.1, 0.15) is 28.8 Å². The van der Waals surface area contributed by atoms with E-state index >= 15 is 0 Å². The first-order chi connectivity index (χ1) is 8.70. The van der Waals surface area contributed by atoms with Gasteiger partial charge in [-0.3, -0.25) is 9.69 Å². The molecule has 1 heterocycles. The second-order valence-corrected chi connectivity index (χ2v) is 4.88. The summed E-state index contributed by atoms with van der Waals surface area (Å²) in [6, 6.07) is 8.16. The van der Waals surface area contributed by atoms with Crippen molar-refractivity contribution in [3.05, 3.63) is 35.4 Å². The maximum Gasteiger partial charge on any atom is 0.249 e. The molecular weight excluding hydrogens is 226 g/mol. The van der Waals surface area contributed by atoms with Crippen molar-refractivity contribution in [2.24, 2.45) is 5.73 Å². The zero-order chi connectivity index (χ0) is 13.0. The van der Waals surface area contributed by atoms with E-state index in [0.717, 1.165) is 25.2 Å². The maximum atomic E-state index is 11.4. The number of piperidine rings is 1. The van der Waals surface area contributed by atoms with Crippen LogP contribution in [0.4, 0.5) is 0 Å². The van der Waals surface area contributed by atoms with Gasteiger partial charge in [-0.05, 0) is 38.1 Å². The number of nitrogens with one attached hydrogen (secondary N) is 1. The van der Waals surface area contributed by atoms with Crippen molar-refractivity contribution in [3.8, 4) is 0 Å². The summed E-state index contributed by atoms with van der Waals surface area (Å²) in [5.74, 6) is -0.340. The number of hydrogen-bond acceptors (Lipinski definition) is 3. The highest BCUT2D eigenvalue weighted by molar-refractivity contribution is 5.94. The molecule has 1 unspecified atom stereocenters. The zero-order valence-corrected chi connectivity index (χ0v) is 10.9. The molecule has 4 heteroatoms. The smallest absolute Gasteiger partial charge is 0.249 e. The second kappa shape index (κ2) is 5.98. The Morgan fingerprint density at radius 3 is 3.00 bits per heavy atom. The Labute approximate surface area is 108 Å². The fraction of sp³-hybridized carbons (Fsp3) is 0.500. The lowest BCUT2D eigenvalue weighted by Gasteiger charge is -2.32. The molecule has 98 valence electrons. The molecule has 1 aromatic carbocycles. The monoisotopic (exact) mass is 247 g/mol. The quantitative estimate of drug-likeness (QED) is 0.833. The molecule has 2 rings (SSSR count). The predicted molar refractivity (Wildman–Crippen MR) is 72.3 cm³/mol. The zero-order valence-electron chi connectivity index (χ0n) is 10.9. The van der Waals surface area contributed by atoms with Crippen molar-refractivity contribution in [3.63, 3.8) is 0 Å². The lowest BCUT2D eigenvalue weighted by atomic mass is 10.0. The van der Waals surface area contributed by atoms with E-state index in [1.165, 1.54) is 12.8 Å². The van der Waals surface area contributed by atoms with Crippen LogP contribution in [-0.4, -0.2) is 37.0 Å². The van der Waals surface area contributed by atoms with E-state index in [4.69, 9.17) is 5.73 Å². The third kappa shape index (κ3) is 3.09. The van der Waals surface area contributed by atoms with Crippen LogP contribution < -0.4 is 11.1 Å². The van der Waals surface area contributed by atoms with E-state index in [0.29, 0.717) is 11.6 Å². The number of likely N-dealkylation sites (N-methyl/N-ethyl adjacent to an activating group) is 1. The molecule has 1 atom stereocenters. The van der Waals surface area contributed by atoms with Crippen molar-refractivity contribution in [1.82, 2.24) is 10.2 Å². The molecule has 1 aliphatic rings. The molecule has 0 aliphatic carbocycles. The van der Waals surface area contributed by atoms with E-state index in [1.807, 2.05) is 25.2 Å². The van der Waals surface area contributed by atoms with E-state index in [9.17, 15) is 4.79 Å². The minimum absolute atomic E-state index is 0.340. The Morgan fingerprint density at radius 2 is 2.28 bits per heavy atom. The standard InChI is InChI=1S/C14H21N3O/c1-16-12-6-4-8-17(10-12)9-11-5-2-3-7-13(11)14(15)18/h2-3,5,7,12,16H,4,6,8-10H2,1H3,(H2,15,18). The summed E-state index contributed by atoms with van der Waals surface area (Å²) in [7, 11) is 2.01. The molecule has 1 saturated heterocycles. The Bertz CT molecular complexity index is 419. The number of likely N-dealkylation sites (tertiary alicyclic amines) is 1. The van der Waals surface area contributed by atoms with E-state index in [2.05, 4.69) is 10.2 Å². The third-order valence-corrected chi connectivity index (χ3v) is 3.59. The van der Waals surface area contributed by atoms with Crippen LogP contribution in [0.5, 0.6) is 0 Å². The predicted octanol–water partition coefficient (Wildman–Crippen LogP) is 0.969. The van der Waals surface area contributed by atoms with Crippen molar-refractivity contribution < 1.29 is 4.79 Å². The molecule has 1 amide bonds. The van der Waals surface area contributed by atoms with Gasteiger partial charge in [0.15, 0.2) is 0 Å². The Kier molecular flexibility index (Phi) is 4.33. The largest absolute Gasteiger partial charge is 0.366 e. The molecule has 0 saturated carbocycles. The van der Waals surface area contributed by atoms with Gasteiger partial charge in [-0.25, -0.2) is 0 Å². The first-order valence-electron chi connectivity index (χ1n) is 6.48. The second-order valence-electron chi connectivity index (χ2n) is 4.88. The van der Waals surface area contributed by atoms with Gasteiger partial charge in [-0.2, -0.15) is 0 Å². The van der Waals surface area contributed by atoms with Crippen molar-refractivity contribution in [2.45, 2.75) is 25.4 Å². The van der Waals surface area contributed by atoms with E-state index in [1.54, 1.807) is 6.07 Å². The minimum Gasteiger partial charge on any atom is -0.366 e. The Hall–Kier alpha value is -1.39. The summed E-state index contributed by atoms with van der Waals surface area (Å²) >= 11 is 0.